The van der Waals surface area contributed by atoms with Crippen LogP contribution >= 0.6 is 0 Å². The highest BCUT2D eigenvalue weighted by Gasteiger charge is 2.31. The molecule has 1 aromatic heterocycles. The van der Waals surface area contributed by atoms with Gasteiger partial charge in [0.2, 0.25) is 0 Å². The molecule has 1 aliphatic rings. The van der Waals surface area contributed by atoms with Gasteiger partial charge in [-0.25, -0.2) is 8.42 Å². The third-order valence-corrected chi connectivity index (χ3v) is 5.13. The van der Waals surface area contributed by atoms with Gasteiger partial charge in [-0.2, -0.15) is 0 Å². The van der Waals surface area contributed by atoms with Crippen molar-refractivity contribution in [2.24, 2.45) is 0 Å². The Kier molecular flexibility index (Phi) is 3.87. The van der Waals surface area contributed by atoms with Crippen molar-refractivity contribution in [2.75, 3.05) is 30.5 Å². The molecule has 1 atom stereocenters. The maximum atomic E-state index is 11.5. The zero-order valence-electron chi connectivity index (χ0n) is 10.8. The maximum absolute atomic E-state index is 11.5. The van der Waals surface area contributed by atoms with E-state index in [4.69, 9.17) is 0 Å². The minimum atomic E-state index is -2.85. The average Bonchev–Trinajstić information content (AvgIpc) is 2.70. The summed E-state index contributed by atoms with van der Waals surface area (Å²) in [6.45, 7) is 0.729. The van der Waals surface area contributed by atoms with E-state index < -0.39 is 9.84 Å². The van der Waals surface area contributed by atoms with E-state index >= 15 is 0 Å². The van der Waals surface area contributed by atoms with Gasteiger partial charge in [0.15, 0.2) is 9.84 Å². The molecule has 6 heteroatoms. The van der Waals surface area contributed by atoms with Gasteiger partial charge in [0.05, 0.1) is 11.5 Å². The lowest BCUT2D eigenvalue weighted by Gasteiger charge is -2.27. The minimum absolute atomic E-state index is 0.0769. The van der Waals surface area contributed by atoms with Crippen LogP contribution in [0, 0.1) is 0 Å². The molecule has 2 rings (SSSR count). The van der Waals surface area contributed by atoms with Crippen molar-refractivity contribution in [1.29, 1.82) is 0 Å². The molecular weight excluding hydrogens is 250 g/mol. The summed E-state index contributed by atoms with van der Waals surface area (Å²) in [7, 11) is 0.998. The third-order valence-electron chi connectivity index (χ3n) is 3.38. The molecule has 0 spiro atoms. The molecule has 0 radical (unpaired) electrons. The second-order valence-electron chi connectivity index (χ2n) is 4.70. The minimum Gasteiger partial charge on any atom is -0.370 e. The van der Waals surface area contributed by atoms with Crippen molar-refractivity contribution in [3.05, 3.63) is 24.0 Å². The Hall–Kier alpha value is -1.14. The summed E-state index contributed by atoms with van der Waals surface area (Å²) >= 11 is 0. The molecule has 1 aromatic rings. The fraction of sp³-hybridized carbons (Fsp3) is 0.583. The van der Waals surface area contributed by atoms with Gasteiger partial charge in [0.25, 0.3) is 0 Å². The van der Waals surface area contributed by atoms with Crippen LogP contribution in [-0.2, 0) is 16.4 Å². The number of anilines is 1. The van der Waals surface area contributed by atoms with Crippen molar-refractivity contribution in [3.8, 4) is 0 Å². The van der Waals surface area contributed by atoms with Crippen molar-refractivity contribution in [1.82, 2.24) is 10.3 Å². The quantitative estimate of drug-likeness (QED) is 0.858. The summed E-state index contributed by atoms with van der Waals surface area (Å²) in [5.41, 5.74) is 2.15. The van der Waals surface area contributed by atoms with Crippen LogP contribution in [-0.4, -0.2) is 45.0 Å². The number of nitrogens with zero attached hydrogens (tertiary/aromatic N) is 2. The molecule has 1 N–H and O–H groups in total. The van der Waals surface area contributed by atoms with Gasteiger partial charge in [0, 0.05) is 43.3 Å². The Bertz CT molecular complexity index is 516. The molecule has 1 aliphatic heterocycles. The van der Waals surface area contributed by atoms with E-state index in [2.05, 4.69) is 15.2 Å². The largest absolute Gasteiger partial charge is 0.370 e. The highest BCUT2D eigenvalue weighted by Crippen LogP contribution is 2.25. The first-order chi connectivity index (χ1) is 8.53. The van der Waals surface area contributed by atoms with Crippen LogP contribution < -0.4 is 10.2 Å². The Morgan fingerprint density at radius 3 is 2.94 bits per heavy atom. The number of pyridine rings is 1. The molecular formula is C12H19N3O2S. The molecule has 1 unspecified atom stereocenters. The second kappa shape index (κ2) is 5.24. The highest BCUT2D eigenvalue weighted by molar-refractivity contribution is 7.91. The summed E-state index contributed by atoms with van der Waals surface area (Å²) in [6, 6.07) is 2.02. The van der Waals surface area contributed by atoms with Crippen LogP contribution in [0.15, 0.2) is 18.5 Å². The Morgan fingerprint density at radius 2 is 2.33 bits per heavy atom. The molecule has 0 aliphatic carbocycles. The van der Waals surface area contributed by atoms with Gasteiger partial charge < -0.3 is 10.2 Å². The number of hydrogen-bond acceptors (Lipinski definition) is 5. The van der Waals surface area contributed by atoms with Crippen molar-refractivity contribution in [2.45, 2.75) is 19.0 Å². The standard InChI is InChI=1S/C12H19N3O2S/c1-13-7-10-8-14-5-3-12(10)15(2)11-4-6-18(16,17)9-11/h3,5,8,11,13H,4,6-7,9H2,1-2H3. The van der Waals surface area contributed by atoms with Crippen LogP contribution in [0.25, 0.3) is 0 Å². The second-order valence-corrected chi connectivity index (χ2v) is 6.93. The van der Waals surface area contributed by atoms with Gasteiger partial charge >= 0.3 is 0 Å². The topological polar surface area (TPSA) is 62.3 Å². The first kappa shape index (κ1) is 13.3. The number of rotatable bonds is 4. The molecule has 0 bridgehead atoms. The summed E-state index contributed by atoms with van der Waals surface area (Å²) in [5.74, 6) is 0.555. The zero-order valence-corrected chi connectivity index (χ0v) is 11.6. The summed E-state index contributed by atoms with van der Waals surface area (Å²) in [5, 5.41) is 3.10. The van der Waals surface area contributed by atoms with Crippen LogP contribution in [0.2, 0.25) is 0 Å². The lowest BCUT2D eigenvalue weighted by atomic mass is 10.1. The van der Waals surface area contributed by atoms with E-state index in [1.165, 1.54) is 0 Å². The first-order valence-corrected chi connectivity index (χ1v) is 7.86. The monoisotopic (exact) mass is 269 g/mol. The van der Waals surface area contributed by atoms with Gasteiger partial charge in [0.1, 0.15) is 0 Å². The summed E-state index contributed by atoms with van der Waals surface area (Å²) in [4.78, 5) is 6.18. The molecule has 18 heavy (non-hydrogen) atoms. The zero-order chi connectivity index (χ0) is 13.2. The molecule has 1 fully saturated rings. The van der Waals surface area contributed by atoms with Gasteiger partial charge in [-0.3, -0.25) is 4.98 Å². The molecule has 100 valence electrons. The normalized spacial score (nSPS) is 22.0. The SMILES string of the molecule is CNCc1cnccc1N(C)C1CCS(=O)(=O)C1. The predicted octanol–water partition coefficient (Wildman–Crippen LogP) is 0.424. The fourth-order valence-corrected chi connectivity index (χ4v) is 4.14. The highest BCUT2D eigenvalue weighted by atomic mass is 32.2. The van der Waals surface area contributed by atoms with E-state index in [1.807, 2.05) is 26.4 Å². The number of hydrogen-bond donors (Lipinski definition) is 1. The molecule has 2 heterocycles. The van der Waals surface area contributed by atoms with E-state index in [9.17, 15) is 8.42 Å². The van der Waals surface area contributed by atoms with E-state index in [-0.39, 0.29) is 11.8 Å². The summed E-state index contributed by atoms with van der Waals surface area (Å²) in [6.07, 6.45) is 4.28. The molecule has 0 amide bonds. The van der Waals surface area contributed by atoms with Crippen LogP contribution in [0.1, 0.15) is 12.0 Å². The smallest absolute Gasteiger partial charge is 0.152 e. The van der Waals surface area contributed by atoms with E-state index in [1.54, 1.807) is 6.20 Å². The van der Waals surface area contributed by atoms with Gasteiger partial charge in [-0.15, -0.1) is 0 Å². The van der Waals surface area contributed by atoms with Crippen molar-refractivity contribution >= 4 is 15.5 Å². The van der Waals surface area contributed by atoms with Crippen molar-refractivity contribution < 1.29 is 8.42 Å². The van der Waals surface area contributed by atoms with Crippen molar-refractivity contribution in [3.63, 3.8) is 0 Å². The first-order valence-electron chi connectivity index (χ1n) is 6.04. The molecule has 5 nitrogen and oxygen atoms in total. The van der Waals surface area contributed by atoms with E-state index in [0.717, 1.165) is 17.8 Å². The Morgan fingerprint density at radius 1 is 1.56 bits per heavy atom. The van der Waals surface area contributed by atoms with Gasteiger partial charge in [-0.1, -0.05) is 0 Å². The number of nitrogens with one attached hydrogen (secondary N) is 1. The average molecular weight is 269 g/mol. The Balaban J connectivity index is 2.21. The summed E-state index contributed by atoms with van der Waals surface area (Å²) < 4.78 is 23.1. The van der Waals surface area contributed by atoms with Crippen LogP contribution in [0.4, 0.5) is 5.69 Å². The molecule has 0 saturated carbocycles. The predicted molar refractivity (Wildman–Crippen MR) is 72.5 cm³/mol. The van der Waals surface area contributed by atoms with Gasteiger partial charge in [-0.05, 0) is 19.5 Å². The fourth-order valence-electron chi connectivity index (χ4n) is 2.37. The lowest BCUT2D eigenvalue weighted by Crippen LogP contribution is -2.33. The van der Waals surface area contributed by atoms with Crippen LogP contribution in [0.3, 0.4) is 0 Å². The Labute approximate surface area is 108 Å². The molecule has 1 saturated heterocycles. The maximum Gasteiger partial charge on any atom is 0.152 e. The molecule has 0 aromatic carbocycles. The van der Waals surface area contributed by atoms with Crippen LogP contribution in [0.5, 0.6) is 0 Å². The van der Waals surface area contributed by atoms with E-state index in [0.29, 0.717) is 12.2 Å². The lowest BCUT2D eigenvalue weighted by molar-refractivity contribution is 0.600. The third kappa shape index (κ3) is 2.81. The number of aromatic nitrogens is 1. The number of sulfone groups is 1.